The number of esters is 4. The lowest BCUT2D eigenvalue weighted by Crippen LogP contribution is -2.29. The van der Waals surface area contributed by atoms with Gasteiger partial charge in [-0.3, -0.25) is 4.79 Å². The van der Waals surface area contributed by atoms with Crippen molar-refractivity contribution in [2.45, 2.75) is 149 Å². The normalized spacial score (nSPS) is 12.3. The monoisotopic (exact) mass is 554 g/mol. The molecule has 0 bridgehead atoms. The van der Waals surface area contributed by atoms with E-state index in [9.17, 15) is 19.2 Å². The molecule has 0 aromatic carbocycles. The third-order valence-corrected chi connectivity index (χ3v) is 6.39. The highest BCUT2D eigenvalue weighted by Crippen LogP contribution is 2.11. The molecule has 2 unspecified atom stereocenters. The Morgan fingerprint density at radius 1 is 0.564 bits per heavy atom. The van der Waals surface area contributed by atoms with E-state index in [4.69, 9.17) is 18.9 Å². The second-order valence-electron chi connectivity index (χ2n) is 10.2. The van der Waals surface area contributed by atoms with Crippen molar-refractivity contribution in [3.05, 3.63) is 12.2 Å². The highest BCUT2D eigenvalue weighted by atomic mass is 16.6. The predicted molar refractivity (Wildman–Crippen MR) is 152 cm³/mol. The Morgan fingerprint density at radius 2 is 0.923 bits per heavy atom. The van der Waals surface area contributed by atoms with Crippen LogP contribution < -0.4 is 0 Å². The maximum absolute atomic E-state index is 12.2. The molecule has 0 fully saturated rings. The number of unbranched alkanes of at least 4 members (excludes halogenated alkanes) is 14. The van der Waals surface area contributed by atoms with E-state index < -0.39 is 42.5 Å². The minimum atomic E-state index is -1.12. The van der Waals surface area contributed by atoms with Gasteiger partial charge in [0.15, 0.2) is 12.2 Å². The highest BCUT2D eigenvalue weighted by Gasteiger charge is 2.24. The Morgan fingerprint density at radius 3 is 1.33 bits per heavy atom. The van der Waals surface area contributed by atoms with Crippen LogP contribution in [0.3, 0.4) is 0 Å². The van der Waals surface area contributed by atoms with Crippen LogP contribution in [0, 0.1) is 0 Å². The van der Waals surface area contributed by atoms with Crippen molar-refractivity contribution in [2.75, 3.05) is 13.2 Å². The van der Waals surface area contributed by atoms with E-state index in [2.05, 4.69) is 20.4 Å². The molecule has 0 aliphatic carbocycles. The Kier molecular flexibility index (Phi) is 23.1. The summed E-state index contributed by atoms with van der Waals surface area (Å²) in [5.41, 5.74) is -0.178. The minimum absolute atomic E-state index is 0.178. The van der Waals surface area contributed by atoms with Crippen molar-refractivity contribution in [1.29, 1.82) is 0 Å². The van der Waals surface area contributed by atoms with E-state index in [1.807, 2.05) is 0 Å². The molecule has 0 N–H and O–H groups in total. The van der Waals surface area contributed by atoms with Crippen molar-refractivity contribution in [1.82, 2.24) is 0 Å². The molecule has 0 saturated heterocycles. The smallest absolute Gasteiger partial charge is 0.347 e. The molecule has 226 valence electrons. The molecule has 8 nitrogen and oxygen atoms in total. The van der Waals surface area contributed by atoms with E-state index in [0.29, 0.717) is 0 Å². The zero-order valence-electron chi connectivity index (χ0n) is 25.1. The van der Waals surface area contributed by atoms with Gasteiger partial charge in [-0.05, 0) is 26.7 Å². The van der Waals surface area contributed by atoms with Gasteiger partial charge in [0, 0.05) is 5.57 Å². The first-order chi connectivity index (χ1) is 18.7. The molecule has 39 heavy (non-hydrogen) atoms. The second kappa shape index (κ2) is 24.6. The summed E-state index contributed by atoms with van der Waals surface area (Å²) in [5, 5.41) is 0. The number of hydrogen-bond acceptors (Lipinski definition) is 8. The lowest BCUT2D eigenvalue weighted by Gasteiger charge is -2.15. The average molecular weight is 555 g/mol. The van der Waals surface area contributed by atoms with Crippen LogP contribution in [0.2, 0.25) is 0 Å². The molecular weight excluding hydrogens is 500 g/mol. The van der Waals surface area contributed by atoms with E-state index in [1.54, 1.807) is 0 Å². The van der Waals surface area contributed by atoms with Crippen molar-refractivity contribution in [3.63, 3.8) is 0 Å². The van der Waals surface area contributed by atoms with Crippen molar-refractivity contribution < 1.29 is 38.1 Å². The molecular formula is C31H54O8. The average Bonchev–Trinajstić information content (AvgIpc) is 2.90. The van der Waals surface area contributed by atoms with Gasteiger partial charge in [0.25, 0.3) is 0 Å². The zero-order chi connectivity index (χ0) is 29.3. The van der Waals surface area contributed by atoms with Gasteiger partial charge in [-0.25, -0.2) is 14.4 Å². The van der Waals surface area contributed by atoms with Crippen LogP contribution in [-0.4, -0.2) is 49.3 Å². The third-order valence-electron chi connectivity index (χ3n) is 6.39. The number of hydrogen-bond donors (Lipinski definition) is 0. The van der Waals surface area contributed by atoms with Gasteiger partial charge in [0.2, 0.25) is 0 Å². The molecule has 0 aliphatic rings. The maximum Gasteiger partial charge on any atom is 0.347 e. The van der Waals surface area contributed by atoms with Crippen LogP contribution >= 0.6 is 0 Å². The topological polar surface area (TPSA) is 105 Å². The summed E-state index contributed by atoms with van der Waals surface area (Å²) in [5.74, 6) is -2.98. The molecule has 0 aliphatic heterocycles. The Hall–Kier alpha value is -2.38. The lowest BCUT2D eigenvalue weighted by molar-refractivity contribution is -0.167. The highest BCUT2D eigenvalue weighted by molar-refractivity contribution is 5.95. The summed E-state index contributed by atoms with van der Waals surface area (Å²) in [6, 6.07) is 0. The van der Waals surface area contributed by atoms with Gasteiger partial charge >= 0.3 is 23.9 Å². The fourth-order valence-corrected chi connectivity index (χ4v) is 3.88. The first-order valence-electron chi connectivity index (χ1n) is 15.1. The van der Waals surface area contributed by atoms with E-state index in [0.717, 1.165) is 38.5 Å². The fraction of sp³-hybridized carbons (Fsp3) is 0.806. The van der Waals surface area contributed by atoms with Gasteiger partial charge in [0.05, 0.1) is 19.6 Å². The van der Waals surface area contributed by atoms with Crippen LogP contribution in [0.15, 0.2) is 12.2 Å². The minimum Gasteiger partial charge on any atom is -0.463 e. The third kappa shape index (κ3) is 21.2. The van der Waals surface area contributed by atoms with Crippen molar-refractivity contribution in [2.24, 2.45) is 0 Å². The van der Waals surface area contributed by atoms with E-state index in [1.165, 1.54) is 78.1 Å². The van der Waals surface area contributed by atoms with Gasteiger partial charge < -0.3 is 18.9 Å². The largest absolute Gasteiger partial charge is 0.463 e. The lowest BCUT2D eigenvalue weighted by atomic mass is 10.1. The second-order valence-corrected chi connectivity index (χ2v) is 10.2. The summed E-state index contributed by atoms with van der Waals surface area (Å²) in [4.78, 5) is 48.5. The summed E-state index contributed by atoms with van der Waals surface area (Å²) < 4.78 is 20.5. The standard InChI is InChI=1S/C31H54O8/c1-6-8-10-12-14-16-18-20-22-36-30(34)26(4)38-28(32)24-25(3)29(33)39-27(5)31(35)37-23-21-19-17-15-13-11-9-7-2/h26-27H,3,6-24H2,1-2,4-5H3. The first kappa shape index (κ1) is 36.6. The van der Waals surface area contributed by atoms with Crippen LogP contribution in [0.25, 0.3) is 0 Å². The van der Waals surface area contributed by atoms with Gasteiger partial charge in [-0.1, -0.05) is 110 Å². The van der Waals surface area contributed by atoms with Crippen LogP contribution in [0.4, 0.5) is 0 Å². The molecule has 2 atom stereocenters. The van der Waals surface area contributed by atoms with Crippen molar-refractivity contribution >= 4 is 23.9 Å². The van der Waals surface area contributed by atoms with E-state index in [-0.39, 0.29) is 18.8 Å². The molecule has 8 heteroatoms. The number of rotatable bonds is 25. The molecule has 0 aromatic rings. The van der Waals surface area contributed by atoms with Crippen molar-refractivity contribution in [3.8, 4) is 0 Å². The quantitative estimate of drug-likeness (QED) is 0.0506. The Labute approximate surface area is 236 Å². The molecule has 0 heterocycles. The van der Waals surface area contributed by atoms with Crippen LogP contribution in [0.1, 0.15) is 137 Å². The number of carbonyl (C=O) groups excluding carboxylic acids is 4. The molecule has 0 amide bonds. The summed E-state index contributed by atoms with van der Waals surface area (Å²) >= 11 is 0. The Bertz CT molecular complexity index is 703. The number of ether oxygens (including phenoxy) is 4. The number of carbonyl (C=O) groups is 4. The molecule has 0 rings (SSSR count). The van der Waals surface area contributed by atoms with Gasteiger partial charge in [0.1, 0.15) is 0 Å². The fourth-order valence-electron chi connectivity index (χ4n) is 3.88. The van der Waals surface area contributed by atoms with Gasteiger partial charge in [-0.2, -0.15) is 0 Å². The van der Waals surface area contributed by atoms with Gasteiger partial charge in [-0.15, -0.1) is 0 Å². The zero-order valence-corrected chi connectivity index (χ0v) is 25.1. The molecule has 0 spiro atoms. The van der Waals surface area contributed by atoms with Crippen LogP contribution in [0.5, 0.6) is 0 Å². The van der Waals surface area contributed by atoms with Crippen LogP contribution in [-0.2, 0) is 38.1 Å². The SMILES string of the molecule is C=C(CC(=O)OC(C)C(=O)OCCCCCCCCCC)C(=O)OC(C)C(=O)OCCCCCCCCCC. The summed E-state index contributed by atoms with van der Waals surface area (Å²) in [7, 11) is 0. The molecule has 0 saturated carbocycles. The first-order valence-corrected chi connectivity index (χ1v) is 15.1. The Balaban J connectivity index is 4.02. The van der Waals surface area contributed by atoms with E-state index >= 15 is 0 Å². The summed E-state index contributed by atoms with van der Waals surface area (Å²) in [6.07, 6.45) is 15.4. The molecule has 0 aromatic heterocycles. The maximum atomic E-state index is 12.2. The summed E-state index contributed by atoms with van der Waals surface area (Å²) in [6.45, 7) is 11.3. The molecule has 0 radical (unpaired) electrons. The predicted octanol–water partition coefficient (Wildman–Crippen LogP) is 7.16.